The fourth-order valence-electron chi connectivity index (χ4n) is 9.71. The minimum absolute atomic E-state index is 0.266. The van der Waals surface area contributed by atoms with Crippen molar-refractivity contribution in [3.63, 3.8) is 0 Å². The molecule has 0 radical (unpaired) electrons. The third kappa shape index (κ3) is 6.44. The lowest BCUT2D eigenvalue weighted by molar-refractivity contribution is 0.660. The number of rotatable bonds is 8. The van der Waals surface area contributed by atoms with E-state index in [2.05, 4.69) is 255 Å². The Labute approximate surface area is 364 Å². The Morgan fingerprint density at radius 3 is 1.24 bits per heavy atom. The van der Waals surface area contributed by atoms with E-state index in [0.29, 0.717) is 0 Å². The molecule has 2 nitrogen and oxygen atoms in total. The second-order valence-corrected chi connectivity index (χ2v) is 17.1. The molecule has 0 atom stereocenters. The zero-order chi connectivity index (χ0) is 41.8. The Kier molecular flexibility index (Phi) is 9.09. The van der Waals surface area contributed by atoms with Crippen LogP contribution in [0, 0.1) is 6.92 Å². The Morgan fingerprint density at radius 1 is 0.323 bits per heavy atom. The number of anilines is 6. The number of nitrogens with zero attached hydrogens (tertiary/aromatic N) is 2. The van der Waals surface area contributed by atoms with Crippen molar-refractivity contribution in [3.05, 3.63) is 241 Å². The van der Waals surface area contributed by atoms with Crippen LogP contribution >= 0.6 is 0 Å². The van der Waals surface area contributed by atoms with E-state index in [1.54, 1.807) is 0 Å². The molecule has 296 valence electrons. The fraction of sp³-hybridized carbons (Fsp3) is 0.0667. The van der Waals surface area contributed by atoms with Gasteiger partial charge in [0.2, 0.25) is 0 Å². The van der Waals surface area contributed by atoms with Gasteiger partial charge in [-0.1, -0.05) is 183 Å². The molecule has 0 spiro atoms. The Morgan fingerprint density at radius 2 is 0.726 bits per heavy atom. The molecular weight excluding hydrogens is 749 g/mol. The monoisotopic (exact) mass is 794 g/mol. The van der Waals surface area contributed by atoms with Gasteiger partial charge in [0.25, 0.3) is 0 Å². The van der Waals surface area contributed by atoms with Crippen LogP contribution in [-0.4, -0.2) is 0 Å². The molecule has 0 aromatic heterocycles. The van der Waals surface area contributed by atoms with E-state index in [0.717, 1.165) is 34.1 Å². The van der Waals surface area contributed by atoms with E-state index >= 15 is 0 Å². The number of fused-ring (bicyclic) bond motifs is 5. The van der Waals surface area contributed by atoms with Crippen LogP contribution in [0.3, 0.4) is 0 Å². The van der Waals surface area contributed by atoms with Gasteiger partial charge in [-0.2, -0.15) is 0 Å². The van der Waals surface area contributed by atoms with Crippen LogP contribution < -0.4 is 9.80 Å². The van der Waals surface area contributed by atoms with Crippen molar-refractivity contribution < 1.29 is 0 Å². The maximum atomic E-state index is 2.44. The van der Waals surface area contributed by atoms with Crippen molar-refractivity contribution in [2.24, 2.45) is 0 Å². The molecule has 1 aliphatic carbocycles. The summed E-state index contributed by atoms with van der Waals surface area (Å²) in [5.41, 5.74) is 17.9. The standard InChI is InChI=1S/C60H46N2/c1-41-14-11-21-47(38-41)44-28-32-49(33-29-44)62(59-25-13-20-46-18-8-10-23-53(46)59)51-35-37-55-54-36-34-50(39-56(54)60(2,3)57(55)40-51)61(58-24-12-19-45-17-7-9-22-52(45)58)48-30-26-43(27-31-48)42-15-5-4-6-16-42/h4-40H,1-3H3. The highest BCUT2D eigenvalue weighted by atomic mass is 15.1. The van der Waals surface area contributed by atoms with Crippen molar-refractivity contribution in [3.8, 4) is 33.4 Å². The molecule has 0 unspecified atom stereocenters. The van der Waals surface area contributed by atoms with E-state index < -0.39 is 0 Å². The summed E-state index contributed by atoms with van der Waals surface area (Å²) in [7, 11) is 0. The predicted molar refractivity (Wildman–Crippen MR) is 264 cm³/mol. The van der Waals surface area contributed by atoms with E-state index in [1.165, 1.54) is 71.6 Å². The van der Waals surface area contributed by atoms with Crippen LogP contribution in [0.15, 0.2) is 224 Å². The van der Waals surface area contributed by atoms with Gasteiger partial charge in [0, 0.05) is 38.9 Å². The average Bonchev–Trinajstić information content (AvgIpc) is 3.54. The first-order chi connectivity index (χ1) is 30.4. The molecule has 0 saturated heterocycles. The first-order valence-corrected chi connectivity index (χ1v) is 21.6. The fourth-order valence-corrected chi connectivity index (χ4v) is 9.71. The zero-order valence-corrected chi connectivity index (χ0v) is 35.3. The summed E-state index contributed by atoms with van der Waals surface area (Å²) in [5, 5.41) is 4.88. The van der Waals surface area contributed by atoms with E-state index in [-0.39, 0.29) is 5.41 Å². The van der Waals surface area contributed by atoms with Crippen LogP contribution in [0.1, 0.15) is 30.5 Å². The first-order valence-electron chi connectivity index (χ1n) is 21.6. The molecule has 10 aromatic rings. The largest absolute Gasteiger partial charge is 0.310 e. The Bertz CT molecular complexity index is 3260. The Balaban J connectivity index is 1.03. The van der Waals surface area contributed by atoms with Gasteiger partial charge in [0.15, 0.2) is 0 Å². The maximum Gasteiger partial charge on any atom is 0.0540 e. The molecule has 0 heterocycles. The van der Waals surface area contributed by atoms with Crippen molar-refractivity contribution in [2.45, 2.75) is 26.2 Å². The highest BCUT2D eigenvalue weighted by Crippen LogP contribution is 2.53. The molecule has 0 bridgehead atoms. The molecule has 1 aliphatic rings. The van der Waals surface area contributed by atoms with Gasteiger partial charge < -0.3 is 9.80 Å². The highest BCUT2D eigenvalue weighted by Gasteiger charge is 2.37. The minimum atomic E-state index is -0.266. The molecule has 0 fully saturated rings. The molecule has 62 heavy (non-hydrogen) atoms. The van der Waals surface area contributed by atoms with Crippen LogP contribution in [0.4, 0.5) is 34.1 Å². The van der Waals surface area contributed by atoms with Gasteiger partial charge >= 0.3 is 0 Å². The molecule has 0 aliphatic heterocycles. The summed E-state index contributed by atoms with van der Waals surface area (Å²) >= 11 is 0. The molecular formula is C60H46N2. The molecule has 11 rings (SSSR count). The molecule has 0 saturated carbocycles. The van der Waals surface area contributed by atoms with Crippen LogP contribution in [0.5, 0.6) is 0 Å². The predicted octanol–water partition coefficient (Wildman–Crippen LogP) is 16.9. The third-order valence-electron chi connectivity index (χ3n) is 12.9. The van der Waals surface area contributed by atoms with Gasteiger partial charge in [-0.05, 0) is 123 Å². The number of hydrogen-bond acceptors (Lipinski definition) is 2. The summed E-state index contributed by atoms with van der Waals surface area (Å²) in [4.78, 5) is 4.87. The smallest absolute Gasteiger partial charge is 0.0540 e. The lowest BCUT2D eigenvalue weighted by Gasteiger charge is -2.30. The zero-order valence-electron chi connectivity index (χ0n) is 35.3. The van der Waals surface area contributed by atoms with Crippen molar-refractivity contribution in [2.75, 3.05) is 9.80 Å². The lowest BCUT2D eigenvalue weighted by Crippen LogP contribution is -2.18. The van der Waals surface area contributed by atoms with Gasteiger partial charge in [-0.25, -0.2) is 0 Å². The summed E-state index contributed by atoms with van der Waals surface area (Å²) in [6.45, 7) is 6.93. The normalized spacial score (nSPS) is 12.6. The highest BCUT2D eigenvalue weighted by molar-refractivity contribution is 6.01. The number of aryl methyl sites for hydroxylation is 1. The maximum absolute atomic E-state index is 2.44. The van der Waals surface area contributed by atoms with Gasteiger partial charge in [0.05, 0.1) is 11.4 Å². The van der Waals surface area contributed by atoms with Crippen LogP contribution in [0.2, 0.25) is 0 Å². The summed E-state index contributed by atoms with van der Waals surface area (Å²) < 4.78 is 0. The molecule has 2 heteroatoms. The van der Waals surface area contributed by atoms with E-state index in [9.17, 15) is 0 Å². The topological polar surface area (TPSA) is 6.48 Å². The third-order valence-corrected chi connectivity index (χ3v) is 12.9. The van der Waals surface area contributed by atoms with Gasteiger partial charge in [-0.15, -0.1) is 0 Å². The Hall–Kier alpha value is -7.68. The van der Waals surface area contributed by atoms with Crippen molar-refractivity contribution in [1.82, 2.24) is 0 Å². The summed E-state index contributed by atoms with van der Waals surface area (Å²) in [6.07, 6.45) is 0. The quantitative estimate of drug-likeness (QED) is 0.151. The first kappa shape index (κ1) is 37.3. The average molecular weight is 795 g/mol. The van der Waals surface area contributed by atoms with Crippen LogP contribution in [0.25, 0.3) is 54.9 Å². The summed E-state index contributed by atoms with van der Waals surface area (Å²) in [6, 6.07) is 82.3. The van der Waals surface area contributed by atoms with Crippen molar-refractivity contribution >= 4 is 55.7 Å². The van der Waals surface area contributed by atoms with Crippen molar-refractivity contribution in [1.29, 1.82) is 0 Å². The minimum Gasteiger partial charge on any atom is -0.310 e. The van der Waals surface area contributed by atoms with Crippen LogP contribution in [-0.2, 0) is 5.41 Å². The molecule has 10 aromatic carbocycles. The second kappa shape index (κ2) is 15.1. The van der Waals surface area contributed by atoms with E-state index in [1.807, 2.05) is 0 Å². The van der Waals surface area contributed by atoms with E-state index in [4.69, 9.17) is 0 Å². The lowest BCUT2D eigenvalue weighted by atomic mass is 9.82. The van der Waals surface area contributed by atoms with Gasteiger partial charge in [-0.3, -0.25) is 0 Å². The summed E-state index contributed by atoms with van der Waals surface area (Å²) in [5.74, 6) is 0. The molecule has 0 N–H and O–H groups in total. The second-order valence-electron chi connectivity index (χ2n) is 17.1. The van der Waals surface area contributed by atoms with Gasteiger partial charge in [0.1, 0.15) is 0 Å². The number of benzene rings is 10. The number of hydrogen-bond donors (Lipinski definition) is 0. The molecule has 0 amide bonds. The SMILES string of the molecule is Cc1cccc(-c2ccc(N(c3ccc4c(c3)C(C)(C)c3cc(N(c5ccc(-c6ccccc6)cc5)c5cccc6ccccc56)ccc3-4)c3cccc4ccccc34)cc2)c1.